The van der Waals surface area contributed by atoms with Gasteiger partial charge in [0.25, 0.3) is 0 Å². The van der Waals surface area contributed by atoms with Gasteiger partial charge in [-0.1, -0.05) is 40.9 Å². The van der Waals surface area contributed by atoms with Gasteiger partial charge in [0, 0.05) is 11.6 Å². The smallest absolute Gasteiger partial charge is 0.161 e. The van der Waals surface area contributed by atoms with Crippen LogP contribution in [-0.4, -0.2) is 19.8 Å². The van der Waals surface area contributed by atoms with Crippen LogP contribution in [0.25, 0.3) is 0 Å². The van der Waals surface area contributed by atoms with Gasteiger partial charge in [0.15, 0.2) is 17.2 Å². The molecular weight excluding hydrogens is 373 g/mol. The van der Waals surface area contributed by atoms with E-state index in [0.717, 1.165) is 5.56 Å². The summed E-state index contributed by atoms with van der Waals surface area (Å²) in [6.45, 7) is 3.46. The van der Waals surface area contributed by atoms with Gasteiger partial charge >= 0.3 is 0 Å². The second-order valence-electron chi connectivity index (χ2n) is 4.81. The Morgan fingerprint density at radius 3 is 2.17 bits per heavy atom. The molecule has 0 unspecified atom stereocenters. The van der Waals surface area contributed by atoms with Crippen molar-refractivity contribution in [1.82, 2.24) is 0 Å². The van der Waals surface area contributed by atoms with Crippen molar-refractivity contribution < 1.29 is 14.2 Å². The van der Waals surface area contributed by atoms with E-state index >= 15 is 0 Å². The van der Waals surface area contributed by atoms with Crippen molar-refractivity contribution in [3.05, 3.63) is 51.0 Å². The molecule has 0 heterocycles. The molecule has 2 N–H and O–H groups in total. The Balaban J connectivity index is 1.95. The van der Waals surface area contributed by atoms with Crippen molar-refractivity contribution >= 4 is 34.8 Å². The molecule has 7 heteroatoms. The van der Waals surface area contributed by atoms with Gasteiger partial charge in [0.2, 0.25) is 0 Å². The lowest BCUT2D eigenvalue weighted by Crippen LogP contribution is -2.10. The maximum Gasteiger partial charge on any atom is 0.161 e. The molecule has 0 saturated carbocycles. The van der Waals surface area contributed by atoms with Gasteiger partial charge in [-0.05, 0) is 36.8 Å². The van der Waals surface area contributed by atoms with Crippen molar-refractivity contribution in [3.8, 4) is 17.2 Å². The summed E-state index contributed by atoms with van der Waals surface area (Å²) >= 11 is 18.0. The molecule has 130 valence electrons. The highest BCUT2D eigenvalue weighted by Gasteiger charge is 2.10. The summed E-state index contributed by atoms with van der Waals surface area (Å²) < 4.78 is 16.9. The predicted molar refractivity (Wildman–Crippen MR) is 98.0 cm³/mol. The van der Waals surface area contributed by atoms with E-state index in [1.165, 1.54) is 0 Å². The molecule has 0 amide bonds. The highest BCUT2D eigenvalue weighted by Crippen LogP contribution is 2.35. The van der Waals surface area contributed by atoms with Crippen LogP contribution in [0.4, 0.5) is 0 Å². The summed E-state index contributed by atoms with van der Waals surface area (Å²) in [7, 11) is 0. The summed E-state index contributed by atoms with van der Waals surface area (Å²) in [5, 5.41) is 1.17. The average Bonchev–Trinajstić information content (AvgIpc) is 2.54. The van der Waals surface area contributed by atoms with Crippen LogP contribution >= 0.6 is 34.8 Å². The Bertz CT molecular complexity index is 672. The zero-order chi connectivity index (χ0) is 17.5. The first-order valence-corrected chi connectivity index (χ1v) is 8.54. The van der Waals surface area contributed by atoms with Crippen LogP contribution in [0.15, 0.2) is 30.3 Å². The van der Waals surface area contributed by atoms with Gasteiger partial charge in [0.05, 0.1) is 16.7 Å². The number of nitrogens with two attached hydrogens (primary N) is 1. The summed E-state index contributed by atoms with van der Waals surface area (Å²) in [4.78, 5) is 0. The normalized spacial score (nSPS) is 10.5. The standard InChI is InChI=1S/C17H18Cl3NO3/c1-2-22-16-7-11(10-21)3-4-15(16)23-5-6-24-17-13(19)8-12(18)9-14(17)20/h3-4,7-9H,2,5-6,10,21H2,1H3. The van der Waals surface area contributed by atoms with Crippen LogP contribution < -0.4 is 19.9 Å². The molecule has 24 heavy (non-hydrogen) atoms. The first-order valence-electron chi connectivity index (χ1n) is 7.41. The Morgan fingerprint density at radius 1 is 0.875 bits per heavy atom. The van der Waals surface area contributed by atoms with Crippen LogP contribution in [0, 0.1) is 0 Å². The second kappa shape index (κ2) is 9.23. The van der Waals surface area contributed by atoms with E-state index in [0.29, 0.717) is 52.1 Å². The average molecular weight is 391 g/mol. The second-order valence-corrected chi connectivity index (χ2v) is 6.06. The van der Waals surface area contributed by atoms with Crippen molar-refractivity contribution in [2.45, 2.75) is 13.5 Å². The molecule has 0 aliphatic carbocycles. The zero-order valence-electron chi connectivity index (χ0n) is 13.2. The van der Waals surface area contributed by atoms with Crippen molar-refractivity contribution in [2.75, 3.05) is 19.8 Å². The lowest BCUT2D eigenvalue weighted by atomic mass is 10.2. The Kier molecular flexibility index (Phi) is 7.31. The van der Waals surface area contributed by atoms with E-state index < -0.39 is 0 Å². The summed E-state index contributed by atoms with van der Waals surface area (Å²) in [5.74, 6) is 1.67. The minimum atomic E-state index is 0.269. The van der Waals surface area contributed by atoms with E-state index in [9.17, 15) is 0 Å². The number of ether oxygens (including phenoxy) is 3. The molecule has 0 spiro atoms. The molecular formula is C17H18Cl3NO3. The van der Waals surface area contributed by atoms with Gasteiger partial charge in [-0.25, -0.2) is 0 Å². The molecule has 0 atom stereocenters. The van der Waals surface area contributed by atoms with Crippen molar-refractivity contribution in [3.63, 3.8) is 0 Å². The fourth-order valence-corrected chi connectivity index (χ4v) is 2.96. The quantitative estimate of drug-likeness (QED) is 0.647. The largest absolute Gasteiger partial charge is 0.490 e. The molecule has 0 saturated heterocycles. The number of benzene rings is 2. The zero-order valence-corrected chi connectivity index (χ0v) is 15.4. The first-order chi connectivity index (χ1) is 11.5. The SMILES string of the molecule is CCOc1cc(CN)ccc1OCCOc1c(Cl)cc(Cl)cc1Cl. The Labute approximate surface area is 156 Å². The molecule has 0 fully saturated rings. The maximum absolute atomic E-state index is 6.06. The van der Waals surface area contributed by atoms with E-state index in [1.54, 1.807) is 12.1 Å². The number of hydrogen-bond donors (Lipinski definition) is 1. The molecule has 4 nitrogen and oxygen atoms in total. The van der Waals surface area contributed by atoms with Crippen LogP contribution in [0.5, 0.6) is 17.2 Å². The number of halogens is 3. The monoisotopic (exact) mass is 389 g/mol. The molecule has 2 aromatic carbocycles. The molecule has 0 bridgehead atoms. The maximum atomic E-state index is 6.06. The van der Waals surface area contributed by atoms with E-state index in [1.807, 2.05) is 25.1 Å². The third kappa shape index (κ3) is 5.08. The summed E-state index contributed by atoms with van der Waals surface area (Å²) in [6.07, 6.45) is 0. The Hall–Kier alpha value is -1.33. The summed E-state index contributed by atoms with van der Waals surface area (Å²) in [5.41, 5.74) is 6.61. The molecule has 0 aliphatic heterocycles. The molecule has 2 aromatic rings. The third-order valence-corrected chi connectivity index (χ3v) is 3.87. The van der Waals surface area contributed by atoms with Gasteiger partial charge in [-0.2, -0.15) is 0 Å². The van der Waals surface area contributed by atoms with Gasteiger partial charge in [-0.15, -0.1) is 0 Å². The predicted octanol–water partition coefficient (Wildman–Crippen LogP) is 4.96. The van der Waals surface area contributed by atoms with Gasteiger partial charge in [-0.3, -0.25) is 0 Å². The first kappa shape index (κ1) is 19.0. The van der Waals surface area contributed by atoms with Crippen LogP contribution in [0.3, 0.4) is 0 Å². The van der Waals surface area contributed by atoms with E-state index in [-0.39, 0.29) is 6.61 Å². The number of hydrogen-bond acceptors (Lipinski definition) is 4. The fraction of sp³-hybridized carbons (Fsp3) is 0.294. The molecule has 0 aromatic heterocycles. The highest BCUT2D eigenvalue weighted by atomic mass is 35.5. The van der Waals surface area contributed by atoms with E-state index in [4.69, 9.17) is 54.7 Å². The minimum Gasteiger partial charge on any atom is -0.490 e. The minimum absolute atomic E-state index is 0.269. The lowest BCUT2D eigenvalue weighted by molar-refractivity contribution is 0.208. The van der Waals surface area contributed by atoms with Gasteiger partial charge in [0.1, 0.15) is 13.2 Å². The third-order valence-electron chi connectivity index (χ3n) is 3.09. The van der Waals surface area contributed by atoms with Crippen LogP contribution in [0.1, 0.15) is 12.5 Å². The lowest BCUT2D eigenvalue weighted by Gasteiger charge is -2.14. The molecule has 2 rings (SSSR count). The number of rotatable bonds is 8. The van der Waals surface area contributed by atoms with Crippen molar-refractivity contribution in [1.29, 1.82) is 0 Å². The Morgan fingerprint density at radius 2 is 1.54 bits per heavy atom. The molecule has 0 radical (unpaired) electrons. The van der Waals surface area contributed by atoms with Crippen LogP contribution in [0.2, 0.25) is 15.1 Å². The fourth-order valence-electron chi connectivity index (χ4n) is 2.03. The molecule has 0 aliphatic rings. The topological polar surface area (TPSA) is 53.7 Å². The van der Waals surface area contributed by atoms with Crippen LogP contribution in [-0.2, 0) is 6.54 Å². The van der Waals surface area contributed by atoms with E-state index in [2.05, 4.69) is 0 Å². The summed E-state index contributed by atoms with van der Waals surface area (Å²) in [6, 6.07) is 8.74. The van der Waals surface area contributed by atoms with Gasteiger partial charge < -0.3 is 19.9 Å². The van der Waals surface area contributed by atoms with Crippen molar-refractivity contribution in [2.24, 2.45) is 5.73 Å². The highest BCUT2D eigenvalue weighted by molar-refractivity contribution is 6.40.